The molecule has 4 nitrogen and oxygen atoms in total. The lowest BCUT2D eigenvalue weighted by molar-refractivity contribution is -0.131. The van der Waals surface area contributed by atoms with E-state index in [1.807, 2.05) is 32.2 Å². The lowest BCUT2D eigenvalue weighted by Gasteiger charge is -2.20. The van der Waals surface area contributed by atoms with Crippen molar-refractivity contribution in [2.24, 2.45) is 0 Å². The van der Waals surface area contributed by atoms with Crippen LogP contribution in [0.2, 0.25) is 0 Å². The number of nitrogens with zero attached hydrogens (tertiary/aromatic N) is 2. The molecule has 0 radical (unpaired) electrons. The quantitative estimate of drug-likeness (QED) is 0.822. The van der Waals surface area contributed by atoms with Crippen molar-refractivity contribution in [1.29, 1.82) is 0 Å². The van der Waals surface area contributed by atoms with Gasteiger partial charge in [0.05, 0.1) is 6.10 Å². The molecule has 1 unspecified atom stereocenters. The minimum atomic E-state index is -0.542. The van der Waals surface area contributed by atoms with Gasteiger partial charge in [-0.25, -0.2) is 0 Å². The number of hydrogen-bond donors (Lipinski definition) is 1. The summed E-state index contributed by atoms with van der Waals surface area (Å²) < 4.78 is 1.80. The van der Waals surface area contributed by atoms with Gasteiger partial charge < -0.3 is 14.6 Å². The van der Waals surface area contributed by atoms with Crippen molar-refractivity contribution < 1.29 is 9.90 Å². The number of rotatable bonds is 5. The molecule has 1 rings (SSSR count). The molecular formula is C12H20N2O2. The highest BCUT2D eigenvalue weighted by Gasteiger charge is 2.13. The fourth-order valence-corrected chi connectivity index (χ4v) is 1.77. The van der Waals surface area contributed by atoms with Gasteiger partial charge in [-0.15, -0.1) is 0 Å². The van der Waals surface area contributed by atoms with E-state index in [2.05, 4.69) is 0 Å². The predicted molar refractivity (Wildman–Crippen MR) is 63.0 cm³/mol. The summed E-state index contributed by atoms with van der Waals surface area (Å²) >= 11 is 0. The summed E-state index contributed by atoms with van der Waals surface area (Å²) in [6.07, 6.45) is 1.28. The zero-order chi connectivity index (χ0) is 12.1. The highest BCUT2D eigenvalue weighted by Crippen LogP contribution is 2.12. The maximum Gasteiger partial charge on any atom is 0.242 e. The molecule has 4 heteroatoms. The minimum Gasteiger partial charge on any atom is -0.387 e. The third-order valence-corrected chi connectivity index (χ3v) is 2.71. The Morgan fingerprint density at radius 1 is 1.50 bits per heavy atom. The first-order chi connectivity index (χ1) is 7.60. The highest BCUT2D eigenvalue weighted by molar-refractivity contribution is 5.76. The Bertz CT molecular complexity index is 341. The first-order valence-corrected chi connectivity index (χ1v) is 5.71. The molecule has 0 aliphatic heterocycles. The molecule has 0 bridgehead atoms. The molecule has 0 fully saturated rings. The summed E-state index contributed by atoms with van der Waals surface area (Å²) in [5, 5.41) is 9.51. The maximum atomic E-state index is 11.9. The van der Waals surface area contributed by atoms with Crippen LogP contribution >= 0.6 is 0 Å². The van der Waals surface area contributed by atoms with Gasteiger partial charge in [0, 0.05) is 25.0 Å². The van der Waals surface area contributed by atoms with E-state index in [1.54, 1.807) is 16.4 Å². The number of carbonyl (C=O) groups is 1. The largest absolute Gasteiger partial charge is 0.387 e. The molecule has 1 N–H and O–H groups in total. The molecule has 1 atom stereocenters. The zero-order valence-electron chi connectivity index (χ0n) is 10.2. The van der Waals surface area contributed by atoms with Crippen LogP contribution in [0.25, 0.3) is 0 Å². The summed E-state index contributed by atoms with van der Waals surface area (Å²) in [4.78, 5) is 13.7. The molecule has 1 aromatic heterocycles. The molecule has 0 spiro atoms. The van der Waals surface area contributed by atoms with Crippen LogP contribution in [0, 0.1) is 0 Å². The Morgan fingerprint density at radius 2 is 2.12 bits per heavy atom. The van der Waals surface area contributed by atoms with Crippen LogP contribution in [0.15, 0.2) is 18.3 Å². The van der Waals surface area contributed by atoms with E-state index in [0.29, 0.717) is 6.54 Å². The average molecular weight is 224 g/mol. The van der Waals surface area contributed by atoms with Crippen molar-refractivity contribution in [1.82, 2.24) is 9.47 Å². The van der Waals surface area contributed by atoms with Gasteiger partial charge in [-0.1, -0.05) is 0 Å². The predicted octanol–water partition coefficient (Wildman–Crippen LogP) is 1.41. The first kappa shape index (κ1) is 12.8. The summed E-state index contributed by atoms with van der Waals surface area (Å²) in [7, 11) is 0. The summed E-state index contributed by atoms with van der Waals surface area (Å²) in [6, 6.07) is 3.68. The van der Waals surface area contributed by atoms with Gasteiger partial charge in [0.15, 0.2) is 0 Å². The van der Waals surface area contributed by atoms with Crippen LogP contribution in [-0.2, 0) is 11.3 Å². The molecule has 90 valence electrons. The van der Waals surface area contributed by atoms with Gasteiger partial charge in [0.25, 0.3) is 0 Å². The van der Waals surface area contributed by atoms with E-state index in [1.165, 1.54) is 0 Å². The fraction of sp³-hybridized carbons (Fsp3) is 0.583. The second-order valence-electron chi connectivity index (χ2n) is 3.80. The standard InChI is InChI=1S/C12H20N2O2/c1-4-13(5-2)12(16)9-14-8-6-7-11(14)10(3)15/h6-8,10,15H,4-5,9H2,1-3H3. The molecule has 16 heavy (non-hydrogen) atoms. The van der Waals surface area contributed by atoms with Crippen LogP contribution in [-0.4, -0.2) is 33.6 Å². The molecule has 1 amide bonds. The van der Waals surface area contributed by atoms with Gasteiger partial charge in [-0.3, -0.25) is 4.79 Å². The Balaban J connectivity index is 2.72. The second kappa shape index (κ2) is 5.70. The third kappa shape index (κ3) is 2.85. The van der Waals surface area contributed by atoms with Crippen molar-refractivity contribution in [3.8, 4) is 0 Å². The van der Waals surface area contributed by atoms with E-state index in [-0.39, 0.29) is 5.91 Å². The number of carbonyl (C=O) groups excluding carboxylic acids is 1. The number of amides is 1. The highest BCUT2D eigenvalue weighted by atomic mass is 16.3. The van der Waals surface area contributed by atoms with Crippen molar-refractivity contribution in [2.75, 3.05) is 13.1 Å². The molecule has 1 heterocycles. The zero-order valence-corrected chi connectivity index (χ0v) is 10.2. The molecule has 0 saturated carbocycles. The molecular weight excluding hydrogens is 204 g/mol. The van der Waals surface area contributed by atoms with Crippen molar-refractivity contribution in [3.05, 3.63) is 24.0 Å². The number of aromatic nitrogens is 1. The number of likely N-dealkylation sites (N-methyl/N-ethyl adjacent to an activating group) is 1. The van der Waals surface area contributed by atoms with Gasteiger partial charge >= 0.3 is 0 Å². The Morgan fingerprint density at radius 3 is 2.62 bits per heavy atom. The van der Waals surface area contributed by atoms with Crippen molar-refractivity contribution in [2.45, 2.75) is 33.4 Å². The summed E-state index contributed by atoms with van der Waals surface area (Å²) in [5.74, 6) is 0.0862. The fourth-order valence-electron chi connectivity index (χ4n) is 1.77. The van der Waals surface area contributed by atoms with E-state index in [9.17, 15) is 9.90 Å². The summed E-state index contributed by atoms with van der Waals surface area (Å²) in [6.45, 7) is 7.38. The second-order valence-corrected chi connectivity index (χ2v) is 3.80. The Labute approximate surface area is 96.5 Å². The summed E-state index contributed by atoms with van der Waals surface area (Å²) in [5.41, 5.74) is 0.778. The van der Waals surface area contributed by atoms with Crippen LogP contribution in [0.4, 0.5) is 0 Å². The van der Waals surface area contributed by atoms with Crippen LogP contribution < -0.4 is 0 Å². The van der Waals surface area contributed by atoms with Gasteiger partial charge in [0.2, 0.25) is 5.91 Å². The average Bonchev–Trinajstić information content (AvgIpc) is 2.67. The lowest BCUT2D eigenvalue weighted by Crippen LogP contribution is -2.33. The van der Waals surface area contributed by atoms with E-state index in [0.717, 1.165) is 18.8 Å². The number of aliphatic hydroxyl groups is 1. The maximum absolute atomic E-state index is 11.9. The molecule has 1 aromatic rings. The molecule has 0 aliphatic carbocycles. The van der Waals surface area contributed by atoms with Gasteiger partial charge in [0.1, 0.15) is 6.54 Å². The third-order valence-electron chi connectivity index (χ3n) is 2.71. The van der Waals surface area contributed by atoms with E-state index < -0.39 is 6.10 Å². The Kier molecular flexibility index (Phi) is 4.55. The van der Waals surface area contributed by atoms with Gasteiger partial charge in [-0.2, -0.15) is 0 Å². The molecule has 0 aromatic carbocycles. The van der Waals surface area contributed by atoms with E-state index >= 15 is 0 Å². The van der Waals surface area contributed by atoms with Crippen molar-refractivity contribution in [3.63, 3.8) is 0 Å². The topological polar surface area (TPSA) is 45.5 Å². The lowest BCUT2D eigenvalue weighted by atomic mass is 10.3. The normalized spacial score (nSPS) is 12.5. The van der Waals surface area contributed by atoms with Crippen LogP contribution in [0.5, 0.6) is 0 Å². The monoisotopic (exact) mass is 224 g/mol. The SMILES string of the molecule is CCN(CC)C(=O)Cn1cccc1C(C)O. The molecule has 0 saturated heterocycles. The smallest absolute Gasteiger partial charge is 0.242 e. The first-order valence-electron chi connectivity index (χ1n) is 5.71. The number of hydrogen-bond acceptors (Lipinski definition) is 2. The molecule has 0 aliphatic rings. The Hall–Kier alpha value is -1.29. The van der Waals surface area contributed by atoms with Gasteiger partial charge in [-0.05, 0) is 32.9 Å². The minimum absolute atomic E-state index is 0.0862. The van der Waals surface area contributed by atoms with Crippen LogP contribution in [0.3, 0.4) is 0 Å². The van der Waals surface area contributed by atoms with Crippen molar-refractivity contribution >= 4 is 5.91 Å². The van der Waals surface area contributed by atoms with Crippen LogP contribution in [0.1, 0.15) is 32.6 Å². The van der Waals surface area contributed by atoms with E-state index in [4.69, 9.17) is 0 Å². The number of aliphatic hydroxyl groups excluding tert-OH is 1.